The number of hydrogen-bond acceptors (Lipinski definition) is 2. The van der Waals surface area contributed by atoms with Gasteiger partial charge in [0.25, 0.3) is 0 Å². The first-order chi connectivity index (χ1) is 7.22. The van der Waals surface area contributed by atoms with Crippen molar-refractivity contribution in [1.82, 2.24) is 0 Å². The fourth-order valence-corrected chi connectivity index (χ4v) is 1.49. The van der Waals surface area contributed by atoms with Crippen LogP contribution >= 0.6 is 23.2 Å². The van der Waals surface area contributed by atoms with Gasteiger partial charge < -0.3 is 4.74 Å². The van der Waals surface area contributed by atoms with Crippen LogP contribution in [0, 0.1) is 0 Å². The molecule has 0 saturated carbocycles. The first-order valence-corrected chi connectivity index (χ1v) is 5.07. The second-order valence-corrected chi connectivity index (χ2v) is 3.63. The summed E-state index contributed by atoms with van der Waals surface area (Å²) in [6.07, 6.45) is 0.661. The van der Waals surface area contributed by atoms with Crippen molar-refractivity contribution < 1.29 is 4.74 Å². The first kappa shape index (κ1) is 12.0. The smallest absolute Gasteiger partial charge is 0.122 e. The molecule has 0 radical (unpaired) electrons. The van der Waals surface area contributed by atoms with Gasteiger partial charge in [-0.05, 0) is 30.2 Å². The molecule has 0 unspecified atom stereocenters. The average Bonchev–Trinajstić information content (AvgIpc) is 2.16. The van der Waals surface area contributed by atoms with Crippen LogP contribution in [0.1, 0.15) is 6.42 Å². The molecule has 1 rings (SSSR count). The van der Waals surface area contributed by atoms with Crippen molar-refractivity contribution >= 4 is 23.2 Å². The number of azide groups is 1. The SMILES string of the molecule is [N-]=[N+]=NCCCOc1cc(Cl)cc(Cl)c1. The molecular weight excluding hydrogens is 237 g/mol. The van der Waals surface area contributed by atoms with Gasteiger partial charge in [-0.1, -0.05) is 28.3 Å². The van der Waals surface area contributed by atoms with E-state index in [-0.39, 0.29) is 0 Å². The Morgan fingerprint density at radius 2 is 1.93 bits per heavy atom. The molecule has 80 valence electrons. The predicted molar refractivity (Wildman–Crippen MR) is 60.6 cm³/mol. The van der Waals surface area contributed by atoms with Gasteiger partial charge in [0, 0.05) is 21.5 Å². The van der Waals surface area contributed by atoms with E-state index in [1.54, 1.807) is 18.2 Å². The van der Waals surface area contributed by atoms with Crippen LogP contribution in [0.2, 0.25) is 10.0 Å². The summed E-state index contributed by atoms with van der Waals surface area (Å²) in [5.41, 5.74) is 8.04. The van der Waals surface area contributed by atoms with E-state index >= 15 is 0 Å². The quantitative estimate of drug-likeness (QED) is 0.334. The Morgan fingerprint density at radius 3 is 2.53 bits per heavy atom. The number of rotatable bonds is 5. The van der Waals surface area contributed by atoms with E-state index in [9.17, 15) is 0 Å². The van der Waals surface area contributed by atoms with Crippen molar-refractivity contribution in [3.63, 3.8) is 0 Å². The number of halogens is 2. The predicted octanol–water partition coefficient (Wildman–Crippen LogP) is 4.07. The normalized spacial score (nSPS) is 9.47. The maximum absolute atomic E-state index is 8.04. The highest BCUT2D eigenvalue weighted by molar-refractivity contribution is 6.34. The van der Waals surface area contributed by atoms with Crippen molar-refractivity contribution in [2.75, 3.05) is 13.2 Å². The molecule has 6 heteroatoms. The Balaban J connectivity index is 2.40. The van der Waals surface area contributed by atoms with Crippen molar-refractivity contribution in [1.29, 1.82) is 0 Å². The highest BCUT2D eigenvalue weighted by Crippen LogP contribution is 2.24. The van der Waals surface area contributed by atoms with Crippen LogP contribution < -0.4 is 4.74 Å². The fourth-order valence-electron chi connectivity index (χ4n) is 0.982. The third-order valence-corrected chi connectivity index (χ3v) is 2.01. The summed E-state index contributed by atoms with van der Waals surface area (Å²) in [6, 6.07) is 5.00. The van der Waals surface area contributed by atoms with E-state index in [2.05, 4.69) is 10.0 Å². The van der Waals surface area contributed by atoms with Crippen LogP contribution in [0.4, 0.5) is 0 Å². The number of nitrogens with zero attached hydrogens (tertiary/aromatic N) is 3. The Morgan fingerprint density at radius 1 is 1.27 bits per heavy atom. The van der Waals surface area contributed by atoms with Crippen LogP contribution in [0.15, 0.2) is 23.3 Å². The van der Waals surface area contributed by atoms with Gasteiger partial charge >= 0.3 is 0 Å². The van der Waals surface area contributed by atoms with E-state index in [0.29, 0.717) is 35.4 Å². The minimum Gasteiger partial charge on any atom is -0.493 e. The lowest BCUT2D eigenvalue weighted by atomic mass is 10.3. The molecule has 0 aliphatic heterocycles. The van der Waals surface area contributed by atoms with Crippen LogP contribution in [0.25, 0.3) is 10.4 Å². The van der Waals surface area contributed by atoms with E-state index in [1.165, 1.54) is 0 Å². The molecule has 1 aromatic carbocycles. The molecule has 0 aliphatic rings. The number of benzene rings is 1. The highest BCUT2D eigenvalue weighted by atomic mass is 35.5. The molecule has 0 atom stereocenters. The van der Waals surface area contributed by atoms with Crippen molar-refractivity contribution in [2.45, 2.75) is 6.42 Å². The van der Waals surface area contributed by atoms with Gasteiger partial charge in [-0.25, -0.2) is 0 Å². The monoisotopic (exact) mass is 245 g/mol. The lowest BCUT2D eigenvalue weighted by molar-refractivity contribution is 0.313. The topological polar surface area (TPSA) is 58.0 Å². The van der Waals surface area contributed by atoms with Gasteiger partial charge in [0.2, 0.25) is 0 Å². The summed E-state index contributed by atoms with van der Waals surface area (Å²) >= 11 is 11.6. The van der Waals surface area contributed by atoms with Crippen molar-refractivity contribution in [3.8, 4) is 5.75 Å². The molecule has 0 amide bonds. The number of ether oxygens (including phenoxy) is 1. The van der Waals surface area contributed by atoms with Gasteiger partial charge in [0.1, 0.15) is 5.75 Å². The molecule has 0 aromatic heterocycles. The van der Waals surface area contributed by atoms with Gasteiger partial charge in [-0.3, -0.25) is 0 Å². The summed E-state index contributed by atoms with van der Waals surface area (Å²) in [4.78, 5) is 2.64. The van der Waals surface area contributed by atoms with E-state index in [1.807, 2.05) is 0 Å². The van der Waals surface area contributed by atoms with E-state index < -0.39 is 0 Å². The highest BCUT2D eigenvalue weighted by Gasteiger charge is 1.98. The standard InChI is InChI=1S/C9H9Cl2N3O/c10-7-4-8(11)6-9(5-7)15-3-1-2-13-14-12/h4-6H,1-3H2. The summed E-state index contributed by atoms with van der Waals surface area (Å²) in [7, 11) is 0. The Kier molecular flexibility index (Phi) is 5.12. The molecule has 4 nitrogen and oxygen atoms in total. The summed E-state index contributed by atoms with van der Waals surface area (Å²) in [5, 5.41) is 4.46. The average molecular weight is 246 g/mol. The molecular formula is C9H9Cl2N3O. The minimum atomic E-state index is 0.421. The molecule has 0 aliphatic carbocycles. The first-order valence-electron chi connectivity index (χ1n) is 4.32. The summed E-state index contributed by atoms with van der Waals surface area (Å²) in [5.74, 6) is 0.619. The third-order valence-electron chi connectivity index (χ3n) is 1.57. The Hall–Kier alpha value is -1.09. The van der Waals surface area contributed by atoms with Gasteiger partial charge in [0.05, 0.1) is 6.61 Å². The zero-order valence-electron chi connectivity index (χ0n) is 7.86. The van der Waals surface area contributed by atoms with Crippen LogP contribution in [-0.4, -0.2) is 13.2 Å². The molecule has 0 N–H and O–H groups in total. The Labute approximate surface area is 97.4 Å². The molecule has 0 heterocycles. The van der Waals surface area contributed by atoms with Crippen LogP contribution in [0.3, 0.4) is 0 Å². The zero-order valence-corrected chi connectivity index (χ0v) is 9.37. The molecule has 1 aromatic rings. The van der Waals surface area contributed by atoms with E-state index in [4.69, 9.17) is 33.5 Å². The molecule has 0 bridgehead atoms. The Bertz CT molecular complexity index is 357. The maximum Gasteiger partial charge on any atom is 0.122 e. The summed E-state index contributed by atoms with van der Waals surface area (Å²) < 4.78 is 5.36. The number of hydrogen-bond donors (Lipinski definition) is 0. The second-order valence-electron chi connectivity index (χ2n) is 2.76. The maximum atomic E-state index is 8.04. The van der Waals surface area contributed by atoms with Gasteiger partial charge in [-0.15, -0.1) is 0 Å². The third kappa shape index (κ3) is 4.79. The molecule has 0 saturated heterocycles. The fraction of sp³-hybridized carbons (Fsp3) is 0.333. The van der Waals surface area contributed by atoms with Crippen LogP contribution in [0.5, 0.6) is 5.75 Å². The second kappa shape index (κ2) is 6.40. The summed E-state index contributed by atoms with van der Waals surface area (Å²) in [6.45, 7) is 0.889. The van der Waals surface area contributed by atoms with Gasteiger partial charge in [-0.2, -0.15) is 0 Å². The largest absolute Gasteiger partial charge is 0.493 e. The van der Waals surface area contributed by atoms with Crippen molar-refractivity contribution in [3.05, 3.63) is 38.7 Å². The molecule has 15 heavy (non-hydrogen) atoms. The molecule has 0 spiro atoms. The lowest BCUT2D eigenvalue weighted by Crippen LogP contribution is -1.98. The van der Waals surface area contributed by atoms with E-state index in [0.717, 1.165) is 0 Å². The van der Waals surface area contributed by atoms with Crippen LogP contribution in [-0.2, 0) is 0 Å². The zero-order chi connectivity index (χ0) is 11.1. The molecule has 0 fully saturated rings. The van der Waals surface area contributed by atoms with Gasteiger partial charge in [0.15, 0.2) is 0 Å². The lowest BCUT2D eigenvalue weighted by Gasteiger charge is -2.05. The van der Waals surface area contributed by atoms with Crippen molar-refractivity contribution in [2.24, 2.45) is 5.11 Å². The minimum absolute atomic E-state index is 0.421.